The van der Waals surface area contributed by atoms with Gasteiger partial charge in [-0.1, -0.05) is 0 Å². The summed E-state index contributed by atoms with van der Waals surface area (Å²) in [6.07, 6.45) is 3.54. The van der Waals surface area contributed by atoms with E-state index in [0.29, 0.717) is 6.42 Å². The van der Waals surface area contributed by atoms with Gasteiger partial charge in [-0.15, -0.1) is 0 Å². The maximum Gasteiger partial charge on any atom is 0.227 e. The number of carbonyl (C=O) groups excluding carboxylic acids is 1. The SMILES string of the molecule is CN(C)S(=O)(=O)CCCN1CC[C@]2(CCCNC2=O)C1. The number of nitrogens with zero attached hydrogens (tertiary/aromatic N) is 2. The van der Waals surface area contributed by atoms with Gasteiger partial charge in [0, 0.05) is 27.2 Å². The second kappa shape index (κ2) is 5.99. The first-order valence-corrected chi connectivity index (χ1v) is 8.88. The lowest BCUT2D eigenvalue weighted by atomic mass is 9.79. The first-order chi connectivity index (χ1) is 9.36. The smallest absolute Gasteiger partial charge is 0.227 e. The molecular formula is C13H25N3O3S. The van der Waals surface area contributed by atoms with Crippen molar-refractivity contribution >= 4 is 15.9 Å². The standard InChI is InChI=1S/C13H25N3O3S/c1-15(2)20(18,19)10-4-8-16-9-6-13(11-16)5-3-7-14-12(13)17/h3-11H2,1-2H3,(H,14,17)/t13-/m1/s1. The van der Waals surface area contributed by atoms with Crippen LogP contribution in [0.3, 0.4) is 0 Å². The summed E-state index contributed by atoms with van der Waals surface area (Å²) in [4.78, 5) is 14.3. The van der Waals surface area contributed by atoms with Crippen LogP contribution in [0.25, 0.3) is 0 Å². The first kappa shape index (κ1) is 15.7. The van der Waals surface area contributed by atoms with Crippen LogP contribution in [0.5, 0.6) is 0 Å². The predicted molar refractivity (Wildman–Crippen MR) is 77.8 cm³/mol. The Balaban J connectivity index is 1.81. The zero-order chi connectivity index (χ0) is 14.8. The Hall–Kier alpha value is -0.660. The molecule has 0 saturated carbocycles. The Morgan fingerprint density at radius 3 is 2.75 bits per heavy atom. The highest BCUT2D eigenvalue weighted by atomic mass is 32.2. The number of amides is 1. The van der Waals surface area contributed by atoms with E-state index >= 15 is 0 Å². The molecule has 0 radical (unpaired) electrons. The normalized spacial score (nSPS) is 28.2. The molecule has 0 aliphatic carbocycles. The fourth-order valence-electron chi connectivity index (χ4n) is 3.12. The van der Waals surface area contributed by atoms with E-state index in [1.807, 2.05) is 0 Å². The molecule has 2 aliphatic heterocycles. The average Bonchev–Trinajstić information content (AvgIpc) is 2.77. The molecule has 20 heavy (non-hydrogen) atoms. The summed E-state index contributed by atoms with van der Waals surface area (Å²) in [6, 6.07) is 0. The molecule has 1 amide bonds. The van der Waals surface area contributed by atoms with Crippen molar-refractivity contribution in [3.8, 4) is 0 Å². The van der Waals surface area contributed by atoms with Crippen LogP contribution in [0.4, 0.5) is 0 Å². The Morgan fingerprint density at radius 2 is 2.10 bits per heavy atom. The molecule has 0 unspecified atom stereocenters. The number of likely N-dealkylation sites (tertiary alicyclic amines) is 1. The van der Waals surface area contributed by atoms with Crippen molar-refractivity contribution in [3.05, 3.63) is 0 Å². The molecule has 2 rings (SSSR count). The van der Waals surface area contributed by atoms with Crippen molar-refractivity contribution in [1.29, 1.82) is 0 Å². The molecule has 1 N–H and O–H groups in total. The number of nitrogens with one attached hydrogen (secondary N) is 1. The van der Waals surface area contributed by atoms with Gasteiger partial charge in [-0.25, -0.2) is 12.7 Å². The summed E-state index contributed by atoms with van der Waals surface area (Å²) >= 11 is 0. The zero-order valence-corrected chi connectivity index (χ0v) is 13.2. The highest BCUT2D eigenvalue weighted by Crippen LogP contribution is 2.37. The van der Waals surface area contributed by atoms with E-state index in [-0.39, 0.29) is 17.1 Å². The Labute approximate surface area is 121 Å². The van der Waals surface area contributed by atoms with Crippen LogP contribution in [0.15, 0.2) is 0 Å². The van der Waals surface area contributed by atoms with Crippen molar-refractivity contribution in [1.82, 2.24) is 14.5 Å². The van der Waals surface area contributed by atoms with E-state index in [2.05, 4.69) is 10.2 Å². The van der Waals surface area contributed by atoms with Crippen LogP contribution in [-0.4, -0.2) is 69.6 Å². The van der Waals surface area contributed by atoms with Crippen LogP contribution in [-0.2, 0) is 14.8 Å². The molecule has 1 atom stereocenters. The molecule has 0 bridgehead atoms. The van der Waals surface area contributed by atoms with Gasteiger partial charge >= 0.3 is 0 Å². The van der Waals surface area contributed by atoms with Gasteiger partial charge in [0.25, 0.3) is 0 Å². The molecule has 0 aromatic carbocycles. The second-order valence-electron chi connectivity index (χ2n) is 6.12. The minimum atomic E-state index is -3.11. The van der Waals surface area contributed by atoms with Gasteiger partial charge in [-0.3, -0.25) is 4.79 Å². The van der Waals surface area contributed by atoms with Crippen molar-refractivity contribution in [3.63, 3.8) is 0 Å². The molecule has 2 fully saturated rings. The number of sulfonamides is 1. The Morgan fingerprint density at radius 1 is 1.35 bits per heavy atom. The maximum atomic E-state index is 12.0. The molecule has 6 nitrogen and oxygen atoms in total. The third-order valence-electron chi connectivity index (χ3n) is 4.47. The number of carbonyl (C=O) groups is 1. The average molecular weight is 303 g/mol. The van der Waals surface area contributed by atoms with Gasteiger partial charge < -0.3 is 10.2 Å². The van der Waals surface area contributed by atoms with E-state index in [1.54, 1.807) is 14.1 Å². The minimum Gasteiger partial charge on any atom is -0.356 e. The number of hydrogen-bond acceptors (Lipinski definition) is 4. The second-order valence-corrected chi connectivity index (χ2v) is 8.42. The Kier molecular flexibility index (Phi) is 4.71. The topological polar surface area (TPSA) is 69.7 Å². The third kappa shape index (κ3) is 3.32. The van der Waals surface area contributed by atoms with Crippen LogP contribution in [0.2, 0.25) is 0 Å². The molecule has 116 valence electrons. The molecule has 2 aliphatic rings. The van der Waals surface area contributed by atoms with Gasteiger partial charge in [0.05, 0.1) is 11.2 Å². The van der Waals surface area contributed by atoms with Crippen LogP contribution < -0.4 is 5.32 Å². The fraction of sp³-hybridized carbons (Fsp3) is 0.923. The zero-order valence-electron chi connectivity index (χ0n) is 12.4. The number of hydrogen-bond donors (Lipinski definition) is 1. The highest BCUT2D eigenvalue weighted by Gasteiger charge is 2.45. The Bertz CT molecular complexity index is 463. The highest BCUT2D eigenvalue weighted by molar-refractivity contribution is 7.89. The molecule has 0 aromatic heterocycles. The summed E-state index contributed by atoms with van der Waals surface area (Å²) in [6.45, 7) is 3.22. The largest absolute Gasteiger partial charge is 0.356 e. The molecule has 2 heterocycles. The number of piperidine rings is 1. The monoisotopic (exact) mass is 303 g/mol. The number of rotatable bonds is 5. The lowest BCUT2D eigenvalue weighted by molar-refractivity contribution is -0.132. The van der Waals surface area contributed by atoms with Gasteiger partial charge in [-0.05, 0) is 38.8 Å². The summed E-state index contributed by atoms with van der Waals surface area (Å²) in [5.41, 5.74) is -0.210. The summed E-state index contributed by atoms with van der Waals surface area (Å²) < 4.78 is 24.7. The molecule has 1 spiro atoms. The van der Waals surface area contributed by atoms with Crippen LogP contribution in [0.1, 0.15) is 25.7 Å². The van der Waals surface area contributed by atoms with Gasteiger partial charge in [0.2, 0.25) is 15.9 Å². The summed E-state index contributed by atoms with van der Waals surface area (Å²) in [5.74, 6) is 0.363. The van der Waals surface area contributed by atoms with Crippen molar-refractivity contribution in [2.24, 2.45) is 5.41 Å². The molecule has 2 saturated heterocycles. The molecule has 7 heteroatoms. The third-order valence-corrected chi connectivity index (χ3v) is 6.38. The van der Waals surface area contributed by atoms with Crippen molar-refractivity contribution in [2.75, 3.05) is 46.0 Å². The van der Waals surface area contributed by atoms with Gasteiger partial charge in [0.1, 0.15) is 0 Å². The van der Waals surface area contributed by atoms with E-state index in [4.69, 9.17) is 0 Å². The van der Waals surface area contributed by atoms with Crippen molar-refractivity contribution in [2.45, 2.75) is 25.7 Å². The lowest BCUT2D eigenvalue weighted by Gasteiger charge is -2.32. The fourth-order valence-corrected chi connectivity index (χ4v) is 3.98. The van der Waals surface area contributed by atoms with Gasteiger partial charge in [-0.2, -0.15) is 0 Å². The summed E-state index contributed by atoms with van der Waals surface area (Å²) in [7, 11) is 0.0175. The van der Waals surface area contributed by atoms with E-state index in [9.17, 15) is 13.2 Å². The van der Waals surface area contributed by atoms with E-state index in [0.717, 1.165) is 45.4 Å². The predicted octanol–water partition coefficient (Wildman–Crippen LogP) is -0.130. The van der Waals surface area contributed by atoms with Crippen LogP contribution >= 0.6 is 0 Å². The van der Waals surface area contributed by atoms with E-state index in [1.165, 1.54) is 4.31 Å². The molecular weight excluding hydrogens is 278 g/mol. The van der Waals surface area contributed by atoms with Gasteiger partial charge in [0.15, 0.2) is 0 Å². The first-order valence-electron chi connectivity index (χ1n) is 7.27. The maximum absolute atomic E-state index is 12.0. The quantitative estimate of drug-likeness (QED) is 0.768. The van der Waals surface area contributed by atoms with Crippen LogP contribution in [0, 0.1) is 5.41 Å². The summed E-state index contributed by atoms with van der Waals surface area (Å²) in [5, 5.41) is 2.96. The molecule has 0 aromatic rings. The minimum absolute atomic E-state index is 0.176. The van der Waals surface area contributed by atoms with Crippen molar-refractivity contribution < 1.29 is 13.2 Å². The lowest BCUT2D eigenvalue weighted by Crippen LogP contribution is -2.47. The van der Waals surface area contributed by atoms with E-state index < -0.39 is 10.0 Å².